The number of nitrogens with zero attached hydrogens (tertiary/aromatic N) is 3. The van der Waals surface area contributed by atoms with Gasteiger partial charge in [0.15, 0.2) is 0 Å². The molecule has 0 aliphatic carbocycles. The Morgan fingerprint density at radius 1 is 1.14 bits per heavy atom. The van der Waals surface area contributed by atoms with E-state index >= 15 is 0 Å². The van der Waals surface area contributed by atoms with Crippen LogP contribution in [0.5, 0.6) is 0 Å². The molecular weight excluding hydrogens is 364 g/mol. The molecule has 2 saturated heterocycles. The number of carbonyl (C=O) groups is 1. The number of pyridine rings is 1. The number of aliphatic hydroxyl groups excluding tert-OH is 1. The summed E-state index contributed by atoms with van der Waals surface area (Å²) in [6.07, 6.45) is 2.09. The number of hydrogen-bond acceptors (Lipinski definition) is 4. The SMILES string of the molecule is CC.CC.CO.[B]C([B])(c1cccc(C(=O)N2CCCC2)[n+]1OC)N1CC(C)C1. The Balaban J connectivity index is 0.00000120. The van der Waals surface area contributed by atoms with E-state index in [0.29, 0.717) is 17.3 Å². The average Bonchev–Trinajstić information content (AvgIpc) is 3.29. The molecule has 2 aliphatic heterocycles. The first-order chi connectivity index (χ1) is 13.9. The summed E-state index contributed by atoms with van der Waals surface area (Å²) >= 11 is 0. The number of carbonyl (C=O) groups excluding carboxylic acids is 1. The highest BCUT2D eigenvalue weighted by Gasteiger charge is 2.43. The summed E-state index contributed by atoms with van der Waals surface area (Å²) in [6.45, 7) is 13.4. The molecule has 0 bridgehead atoms. The summed E-state index contributed by atoms with van der Waals surface area (Å²) in [7, 11) is 15.3. The lowest BCUT2D eigenvalue weighted by molar-refractivity contribution is -0.893. The van der Waals surface area contributed by atoms with Crippen LogP contribution in [-0.4, -0.2) is 76.9 Å². The van der Waals surface area contributed by atoms with Crippen molar-refractivity contribution < 1.29 is 19.5 Å². The maximum absolute atomic E-state index is 12.7. The molecule has 0 unspecified atom stereocenters. The molecule has 29 heavy (non-hydrogen) atoms. The first-order valence-electron chi connectivity index (χ1n) is 10.6. The topological polar surface area (TPSA) is 56.9 Å². The van der Waals surface area contributed by atoms with Gasteiger partial charge in [0.25, 0.3) is 0 Å². The van der Waals surface area contributed by atoms with Gasteiger partial charge in [0.2, 0.25) is 5.69 Å². The van der Waals surface area contributed by atoms with Crippen molar-refractivity contribution >= 4 is 21.6 Å². The van der Waals surface area contributed by atoms with Gasteiger partial charge in [0.1, 0.15) is 7.11 Å². The molecule has 2 fully saturated rings. The summed E-state index contributed by atoms with van der Waals surface area (Å²) < 4.78 is 1.48. The Bertz CT molecular complexity index is 603. The number of aromatic nitrogens is 1. The van der Waals surface area contributed by atoms with Crippen molar-refractivity contribution in [1.82, 2.24) is 9.80 Å². The maximum atomic E-state index is 12.7. The summed E-state index contributed by atoms with van der Waals surface area (Å²) in [4.78, 5) is 22.0. The van der Waals surface area contributed by atoms with E-state index in [4.69, 9.17) is 25.6 Å². The van der Waals surface area contributed by atoms with E-state index in [1.165, 1.54) is 11.8 Å². The zero-order chi connectivity index (χ0) is 22.6. The Morgan fingerprint density at radius 3 is 2.10 bits per heavy atom. The minimum Gasteiger partial charge on any atom is -0.400 e. The second-order valence-corrected chi connectivity index (χ2v) is 6.61. The van der Waals surface area contributed by atoms with Crippen LogP contribution < -0.4 is 9.57 Å². The highest BCUT2D eigenvalue weighted by molar-refractivity contribution is 6.39. The predicted molar refractivity (Wildman–Crippen MR) is 119 cm³/mol. The second kappa shape index (κ2) is 13.6. The molecule has 0 spiro atoms. The van der Waals surface area contributed by atoms with E-state index in [2.05, 4.69) is 6.92 Å². The van der Waals surface area contributed by atoms with Crippen LogP contribution in [0.2, 0.25) is 0 Å². The van der Waals surface area contributed by atoms with E-state index < -0.39 is 5.34 Å². The minimum atomic E-state index is -1.16. The number of rotatable bonds is 4. The molecule has 8 heteroatoms. The lowest BCUT2D eigenvalue weighted by Gasteiger charge is -2.47. The number of likely N-dealkylation sites (tertiary alicyclic amines) is 2. The summed E-state index contributed by atoms with van der Waals surface area (Å²) in [5.74, 6) is 0.533. The van der Waals surface area contributed by atoms with Crippen LogP contribution >= 0.6 is 0 Å². The normalized spacial score (nSPS) is 16.2. The van der Waals surface area contributed by atoms with Crippen LogP contribution in [0.4, 0.5) is 0 Å². The molecule has 0 saturated carbocycles. The van der Waals surface area contributed by atoms with Gasteiger partial charge >= 0.3 is 11.6 Å². The first-order valence-corrected chi connectivity index (χ1v) is 10.6. The minimum absolute atomic E-state index is 0.0426. The molecule has 2 aliphatic rings. The quantitative estimate of drug-likeness (QED) is 0.610. The molecule has 1 N–H and O–H groups in total. The van der Waals surface area contributed by atoms with E-state index in [1.807, 2.05) is 49.6 Å². The zero-order valence-corrected chi connectivity index (χ0v) is 19.3. The molecule has 4 radical (unpaired) electrons. The predicted octanol–water partition coefficient (Wildman–Crippen LogP) is 1.33. The van der Waals surface area contributed by atoms with Crippen molar-refractivity contribution in [1.29, 1.82) is 0 Å². The maximum Gasteiger partial charge on any atom is 0.323 e. The molecule has 1 aromatic heterocycles. The monoisotopic (exact) mass is 402 g/mol. The fourth-order valence-electron chi connectivity index (χ4n) is 3.39. The van der Waals surface area contributed by atoms with Crippen LogP contribution in [0, 0.1) is 5.92 Å². The molecular formula is C21H38B2N3O3+. The summed E-state index contributed by atoms with van der Waals surface area (Å²) in [5, 5.41) is 5.84. The standard InChI is InChI=1S/C16H22B2N3O2.2C2H6.CH4O/c1-12-10-20(11-12)16(17,18)14-7-5-6-13(21(14)23-2)15(22)19-8-3-4-9-19;3*1-2/h5-7,12H,3-4,8-11H2,1-2H3;2*1-2H3;2H,1H3/q+1;;;. The van der Waals surface area contributed by atoms with E-state index in [9.17, 15) is 4.79 Å². The molecule has 0 atom stereocenters. The van der Waals surface area contributed by atoms with Crippen molar-refractivity contribution in [3.8, 4) is 0 Å². The van der Waals surface area contributed by atoms with Crippen molar-refractivity contribution in [2.24, 2.45) is 5.92 Å². The lowest BCUT2D eigenvalue weighted by atomic mass is 9.57. The van der Waals surface area contributed by atoms with Crippen molar-refractivity contribution in [2.75, 3.05) is 40.4 Å². The summed E-state index contributed by atoms with van der Waals surface area (Å²) in [6, 6.07) is 5.38. The fraction of sp³-hybridized carbons (Fsp3) is 0.714. The van der Waals surface area contributed by atoms with Gasteiger partial charge in [-0.25, -0.2) is 0 Å². The largest absolute Gasteiger partial charge is 0.400 e. The van der Waals surface area contributed by atoms with Gasteiger partial charge in [-0.2, -0.15) is 0 Å². The second-order valence-electron chi connectivity index (χ2n) is 6.61. The van der Waals surface area contributed by atoms with Crippen molar-refractivity contribution in [3.05, 3.63) is 29.6 Å². The molecule has 3 rings (SSSR count). The number of aliphatic hydroxyl groups is 1. The molecule has 6 nitrogen and oxygen atoms in total. The number of hydrogen-bond donors (Lipinski definition) is 1. The van der Waals surface area contributed by atoms with E-state index in [-0.39, 0.29) is 5.91 Å². The van der Waals surface area contributed by atoms with Gasteiger partial charge in [-0.1, -0.05) is 34.6 Å². The Morgan fingerprint density at radius 2 is 1.66 bits per heavy atom. The third-order valence-electron chi connectivity index (χ3n) is 4.74. The molecule has 1 aromatic rings. The molecule has 160 valence electrons. The van der Waals surface area contributed by atoms with Crippen LogP contribution in [0.15, 0.2) is 18.2 Å². The Labute approximate surface area is 180 Å². The van der Waals surface area contributed by atoms with Crippen LogP contribution in [0.3, 0.4) is 0 Å². The number of amides is 1. The van der Waals surface area contributed by atoms with Crippen LogP contribution in [0.1, 0.15) is 63.6 Å². The van der Waals surface area contributed by atoms with Gasteiger partial charge in [-0.3, -0.25) is 9.63 Å². The van der Waals surface area contributed by atoms with Crippen molar-refractivity contribution in [3.63, 3.8) is 0 Å². The zero-order valence-electron chi connectivity index (χ0n) is 19.3. The van der Waals surface area contributed by atoms with Crippen LogP contribution in [-0.2, 0) is 5.34 Å². The fourth-order valence-corrected chi connectivity index (χ4v) is 3.39. The highest BCUT2D eigenvalue weighted by atomic mass is 16.6. The lowest BCUT2D eigenvalue weighted by Crippen LogP contribution is -2.64. The van der Waals surface area contributed by atoms with E-state index in [0.717, 1.165) is 46.1 Å². The van der Waals surface area contributed by atoms with E-state index in [1.54, 1.807) is 6.07 Å². The van der Waals surface area contributed by atoms with Gasteiger partial charge in [0.05, 0.1) is 15.7 Å². The molecule has 0 aromatic carbocycles. The van der Waals surface area contributed by atoms with Gasteiger partial charge < -0.3 is 14.9 Å². The third-order valence-corrected chi connectivity index (χ3v) is 4.74. The highest BCUT2D eigenvalue weighted by Crippen LogP contribution is 2.28. The average molecular weight is 402 g/mol. The Hall–Kier alpha value is -1.53. The van der Waals surface area contributed by atoms with Gasteiger partial charge in [-0.05, 0) is 24.8 Å². The smallest absolute Gasteiger partial charge is 0.323 e. The first kappa shape index (κ1) is 27.5. The van der Waals surface area contributed by atoms with Crippen LogP contribution in [0.25, 0.3) is 0 Å². The van der Waals surface area contributed by atoms with Gasteiger partial charge in [-0.15, -0.1) is 0 Å². The third kappa shape index (κ3) is 6.48. The summed E-state index contributed by atoms with van der Waals surface area (Å²) in [5.41, 5.74) is 1.04. The van der Waals surface area contributed by atoms with Gasteiger partial charge in [0, 0.05) is 55.5 Å². The van der Waals surface area contributed by atoms with Crippen molar-refractivity contribution in [2.45, 2.75) is 52.8 Å². The molecule has 1 amide bonds. The Kier molecular flexibility index (Phi) is 12.9. The molecule has 3 heterocycles.